The third kappa shape index (κ3) is 5.10. The van der Waals surface area contributed by atoms with Crippen LogP contribution in [-0.4, -0.2) is 20.4 Å². The Labute approximate surface area is 204 Å². The number of carbonyl (C=O) groups excluding carboxylic acids is 1. The van der Waals surface area contributed by atoms with Gasteiger partial charge in [-0.05, 0) is 54.1 Å². The Morgan fingerprint density at radius 3 is 2.47 bits per heavy atom. The fraction of sp³-hybridized carbons (Fsp3) is 0.0741. The van der Waals surface area contributed by atoms with Gasteiger partial charge < -0.3 is 9.88 Å². The van der Waals surface area contributed by atoms with E-state index in [1.807, 2.05) is 6.07 Å². The van der Waals surface area contributed by atoms with Crippen LogP contribution in [0.2, 0.25) is 0 Å². The summed E-state index contributed by atoms with van der Waals surface area (Å²) in [7, 11) is 1.77. The van der Waals surface area contributed by atoms with E-state index in [9.17, 15) is 22.4 Å². The smallest absolute Gasteiger partial charge is 0.327 e. The average molecular weight is 492 g/mol. The molecule has 1 amide bonds. The average Bonchev–Trinajstić information content (AvgIpc) is 3.24. The normalized spacial score (nSPS) is 11.9. The van der Waals surface area contributed by atoms with Gasteiger partial charge in [0.25, 0.3) is 5.91 Å². The maximum absolute atomic E-state index is 13.8. The van der Waals surface area contributed by atoms with Crippen molar-refractivity contribution in [3.63, 3.8) is 0 Å². The molecule has 1 N–H and O–H groups in total. The number of imidazole rings is 1. The molecule has 0 fully saturated rings. The van der Waals surface area contributed by atoms with Crippen LogP contribution in [0.5, 0.6) is 0 Å². The van der Waals surface area contributed by atoms with Gasteiger partial charge in [-0.1, -0.05) is 24.8 Å². The Kier molecular flexibility index (Phi) is 6.82. The molecule has 9 heteroatoms. The molecule has 2 aromatic heterocycles. The molecule has 0 atom stereocenters. The second kappa shape index (κ2) is 9.99. The van der Waals surface area contributed by atoms with Crippen molar-refractivity contribution < 1.29 is 22.4 Å². The van der Waals surface area contributed by atoms with Gasteiger partial charge in [0.1, 0.15) is 11.6 Å². The number of anilines is 1. The Balaban J connectivity index is 1.79. The first kappa shape index (κ1) is 24.6. The summed E-state index contributed by atoms with van der Waals surface area (Å²) < 4.78 is 56.3. The molecule has 0 spiro atoms. The molecule has 2 heterocycles. The van der Waals surface area contributed by atoms with Gasteiger partial charge in [0.05, 0.1) is 23.0 Å². The maximum atomic E-state index is 13.8. The Hall–Kier alpha value is -4.53. The van der Waals surface area contributed by atoms with Gasteiger partial charge in [0, 0.05) is 36.3 Å². The number of nitrogens with one attached hydrogen (secondary N) is 1. The van der Waals surface area contributed by atoms with Gasteiger partial charge >= 0.3 is 6.18 Å². The second-order valence-electron chi connectivity index (χ2n) is 7.80. The summed E-state index contributed by atoms with van der Waals surface area (Å²) in [4.78, 5) is 21.5. The molecule has 0 aliphatic carbocycles. The van der Waals surface area contributed by atoms with E-state index in [-0.39, 0.29) is 5.69 Å². The molecular weight excluding hydrogens is 472 g/mol. The lowest BCUT2D eigenvalue weighted by atomic mass is 9.97. The van der Waals surface area contributed by atoms with Crippen molar-refractivity contribution in [3.05, 3.63) is 120 Å². The quantitative estimate of drug-likeness (QED) is 0.247. The molecule has 36 heavy (non-hydrogen) atoms. The molecule has 0 aliphatic rings. The number of hydrogen-bond donors (Lipinski definition) is 1. The topological polar surface area (TPSA) is 59.8 Å². The lowest BCUT2D eigenvalue weighted by molar-refractivity contribution is -0.137. The van der Waals surface area contributed by atoms with E-state index in [1.165, 1.54) is 24.3 Å². The standard InChI is InChI=1S/C27H20F4N4O/c1-3-5-21(25-33-16-24(35(25)2)18-6-4-13-32-15-18)17-7-12-23(27(29,30)31)22(14-17)26(36)34-20-10-8-19(28)9-11-20/h3-16H,1H2,2H3,(H,34,36)/b21-5-. The third-order valence-corrected chi connectivity index (χ3v) is 5.45. The zero-order valence-corrected chi connectivity index (χ0v) is 19.1. The number of aromatic nitrogens is 3. The first-order chi connectivity index (χ1) is 17.2. The fourth-order valence-corrected chi connectivity index (χ4v) is 3.74. The zero-order chi connectivity index (χ0) is 25.9. The van der Waals surface area contributed by atoms with Crippen molar-refractivity contribution >= 4 is 17.2 Å². The van der Waals surface area contributed by atoms with Crippen LogP contribution < -0.4 is 5.32 Å². The predicted octanol–water partition coefficient (Wildman–Crippen LogP) is 6.51. The van der Waals surface area contributed by atoms with Crippen LogP contribution in [-0.2, 0) is 13.2 Å². The van der Waals surface area contributed by atoms with Gasteiger partial charge in [-0.15, -0.1) is 0 Å². The number of benzene rings is 2. The van der Waals surface area contributed by atoms with Crippen molar-refractivity contribution in [3.8, 4) is 11.3 Å². The van der Waals surface area contributed by atoms with Crippen molar-refractivity contribution in [2.75, 3.05) is 5.32 Å². The molecular formula is C27H20F4N4O. The summed E-state index contributed by atoms with van der Waals surface area (Å²) in [5.41, 5.74) is 0.830. The van der Waals surface area contributed by atoms with Crippen molar-refractivity contribution in [2.45, 2.75) is 6.18 Å². The molecule has 4 rings (SSSR count). The van der Waals surface area contributed by atoms with E-state index < -0.39 is 29.0 Å². The highest BCUT2D eigenvalue weighted by Crippen LogP contribution is 2.35. The zero-order valence-electron chi connectivity index (χ0n) is 19.1. The van der Waals surface area contributed by atoms with Crippen molar-refractivity contribution in [1.82, 2.24) is 14.5 Å². The van der Waals surface area contributed by atoms with E-state index in [2.05, 4.69) is 21.9 Å². The number of nitrogens with zero attached hydrogens (tertiary/aromatic N) is 3. The highest BCUT2D eigenvalue weighted by molar-refractivity contribution is 6.06. The maximum Gasteiger partial charge on any atom is 0.417 e. The summed E-state index contributed by atoms with van der Waals surface area (Å²) in [6, 6.07) is 11.7. The van der Waals surface area contributed by atoms with Crippen molar-refractivity contribution in [2.24, 2.45) is 7.05 Å². The number of carbonyl (C=O) groups is 1. The second-order valence-corrected chi connectivity index (χ2v) is 7.80. The molecule has 0 unspecified atom stereocenters. The van der Waals surface area contributed by atoms with Gasteiger partial charge in [-0.25, -0.2) is 9.37 Å². The monoisotopic (exact) mass is 492 g/mol. The first-order valence-corrected chi connectivity index (χ1v) is 10.7. The Bertz CT molecular complexity index is 1440. The van der Waals surface area contributed by atoms with Crippen LogP contribution in [0.1, 0.15) is 27.3 Å². The fourth-order valence-electron chi connectivity index (χ4n) is 3.74. The van der Waals surface area contributed by atoms with Gasteiger partial charge in [0.15, 0.2) is 0 Å². The van der Waals surface area contributed by atoms with E-state index in [1.54, 1.807) is 42.3 Å². The van der Waals surface area contributed by atoms with Gasteiger partial charge in [0.2, 0.25) is 0 Å². The molecule has 0 radical (unpaired) electrons. The van der Waals surface area contributed by atoms with Crippen LogP contribution in [0.3, 0.4) is 0 Å². The number of rotatable bonds is 6. The van der Waals surface area contributed by atoms with E-state index in [0.29, 0.717) is 17.0 Å². The molecule has 182 valence electrons. The summed E-state index contributed by atoms with van der Waals surface area (Å²) in [5.74, 6) is -1.06. The molecule has 4 aromatic rings. The highest BCUT2D eigenvalue weighted by atomic mass is 19.4. The van der Waals surface area contributed by atoms with E-state index >= 15 is 0 Å². The first-order valence-electron chi connectivity index (χ1n) is 10.7. The molecule has 0 aliphatic heterocycles. The highest BCUT2D eigenvalue weighted by Gasteiger charge is 2.35. The summed E-state index contributed by atoms with van der Waals surface area (Å²) in [5, 5.41) is 2.40. The summed E-state index contributed by atoms with van der Waals surface area (Å²) >= 11 is 0. The molecule has 0 saturated carbocycles. The van der Waals surface area contributed by atoms with Crippen LogP contribution in [0.4, 0.5) is 23.2 Å². The minimum atomic E-state index is -4.77. The lowest BCUT2D eigenvalue weighted by Gasteiger charge is -2.16. The Morgan fingerprint density at radius 2 is 1.83 bits per heavy atom. The largest absolute Gasteiger partial charge is 0.417 e. The van der Waals surface area contributed by atoms with Crippen LogP contribution >= 0.6 is 0 Å². The minimum Gasteiger partial charge on any atom is -0.327 e. The van der Waals surface area contributed by atoms with Crippen LogP contribution in [0, 0.1) is 5.82 Å². The van der Waals surface area contributed by atoms with Gasteiger partial charge in [-0.3, -0.25) is 9.78 Å². The van der Waals surface area contributed by atoms with E-state index in [4.69, 9.17) is 0 Å². The van der Waals surface area contributed by atoms with Gasteiger partial charge in [-0.2, -0.15) is 13.2 Å². The SMILES string of the molecule is C=C/C=C(/c1ccc(C(F)(F)F)c(C(=O)Nc2ccc(F)cc2)c1)c1ncc(-c2cccnc2)n1C. The number of halogens is 4. The van der Waals surface area contributed by atoms with Crippen molar-refractivity contribution in [1.29, 1.82) is 0 Å². The minimum absolute atomic E-state index is 0.159. The number of alkyl halides is 3. The molecule has 5 nitrogen and oxygen atoms in total. The van der Waals surface area contributed by atoms with Crippen LogP contribution in [0.15, 0.2) is 91.9 Å². The molecule has 0 saturated heterocycles. The van der Waals surface area contributed by atoms with Crippen LogP contribution in [0.25, 0.3) is 16.8 Å². The lowest BCUT2D eigenvalue weighted by Crippen LogP contribution is -2.19. The summed E-state index contributed by atoms with van der Waals surface area (Å²) in [6.07, 6.45) is 3.28. The number of amides is 1. The summed E-state index contributed by atoms with van der Waals surface area (Å²) in [6.45, 7) is 3.71. The Morgan fingerprint density at radius 1 is 1.08 bits per heavy atom. The number of allylic oxidation sites excluding steroid dienone is 2. The predicted molar refractivity (Wildman–Crippen MR) is 130 cm³/mol. The van der Waals surface area contributed by atoms with E-state index in [0.717, 1.165) is 35.5 Å². The number of pyridine rings is 1. The molecule has 2 aromatic carbocycles. The molecule has 0 bridgehead atoms. The third-order valence-electron chi connectivity index (χ3n) is 5.45. The number of hydrogen-bond acceptors (Lipinski definition) is 3.